The van der Waals surface area contributed by atoms with E-state index in [9.17, 15) is 8.42 Å². The molecule has 0 spiro atoms. The van der Waals surface area contributed by atoms with E-state index in [1.54, 1.807) is 0 Å². The first-order chi connectivity index (χ1) is 9.95. The van der Waals surface area contributed by atoms with Gasteiger partial charge in [-0.15, -0.1) is 11.8 Å². The van der Waals surface area contributed by atoms with E-state index in [1.165, 1.54) is 11.8 Å². The Morgan fingerprint density at radius 2 is 2.14 bits per heavy atom. The molecular formula is C15H24N2O2S2. The SMILES string of the molecule is CCCC1(CNS(=O)(=O)CCSc2cccc(N)c2)CC1. The lowest BCUT2D eigenvalue weighted by atomic mass is 10.0. The molecule has 0 radical (unpaired) electrons. The molecule has 3 N–H and O–H groups in total. The summed E-state index contributed by atoms with van der Waals surface area (Å²) in [5, 5.41) is 0. The smallest absolute Gasteiger partial charge is 0.212 e. The van der Waals surface area contributed by atoms with Crippen molar-refractivity contribution in [3.63, 3.8) is 0 Å². The van der Waals surface area contributed by atoms with Crippen molar-refractivity contribution >= 4 is 27.5 Å². The van der Waals surface area contributed by atoms with Crippen LogP contribution in [0.4, 0.5) is 5.69 Å². The van der Waals surface area contributed by atoms with Gasteiger partial charge in [0.1, 0.15) is 0 Å². The van der Waals surface area contributed by atoms with Crippen LogP contribution in [-0.4, -0.2) is 26.5 Å². The van der Waals surface area contributed by atoms with Crippen LogP contribution in [0.1, 0.15) is 32.6 Å². The molecule has 1 fully saturated rings. The maximum absolute atomic E-state index is 12.0. The van der Waals surface area contributed by atoms with Crippen LogP contribution in [-0.2, 0) is 10.0 Å². The molecule has 1 aliphatic rings. The summed E-state index contributed by atoms with van der Waals surface area (Å²) in [6.07, 6.45) is 4.55. The van der Waals surface area contributed by atoms with E-state index < -0.39 is 10.0 Å². The zero-order valence-electron chi connectivity index (χ0n) is 12.5. The van der Waals surface area contributed by atoms with Crippen molar-refractivity contribution in [2.45, 2.75) is 37.5 Å². The first kappa shape index (κ1) is 16.6. The van der Waals surface area contributed by atoms with Gasteiger partial charge in [0.05, 0.1) is 5.75 Å². The third-order valence-electron chi connectivity index (χ3n) is 3.88. The van der Waals surface area contributed by atoms with E-state index in [0.29, 0.717) is 18.0 Å². The summed E-state index contributed by atoms with van der Waals surface area (Å²) < 4.78 is 26.8. The molecule has 0 saturated heterocycles. The molecule has 0 heterocycles. The molecule has 1 aromatic rings. The zero-order chi connectivity index (χ0) is 15.3. The Bertz CT molecular complexity index is 569. The van der Waals surface area contributed by atoms with Gasteiger partial charge < -0.3 is 5.73 Å². The summed E-state index contributed by atoms with van der Waals surface area (Å²) in [4.78, 5) is 1.01. The topological polar surface area (TPSA) is 72.2 Å². The van der Waals surface area contributed by atoms with Gasteiger partial charge in [-0.25, -0.2) is 13.1 Å². The van der Waals surface area contributed by atoms with Crippen LogP contribution in [0, 0.1) is 5.41 Å². The summed E-state index contributed by atoms with van der Waals surface area (Å²) in [6.45, 7) is 2.75. The van der Waals surface area contributed by atoms with E-state index in [-0.39, 0.29) is 11.2 Å². The van der Waals surface area contributed by atoms with Crippen molar-refractivity contribution in [1.29, 1.82) is 0 Å². The summed E-state index contributed by atoms with van der Waals surface area (Å²) in [5.41, 5.74) is 6.66. The third kappa shape index (κ3) is 5.52. The van der Waals surface area contributed by atoms with Crippen LogP contribution in [0.3, 0.4) is 0 Å². The second-order valence-electron chi connectivity index (χ2n) is 5.81. The Morgan fingerprint density at radius 3 is 2.76 bits per heavy atom. The normalized spacial score (nSPS) is 16.8. The van der Waals surface area contributed by atoms with Gasteiger partial charge in [-0.05, 0) is 42.9 Å². The molecule has 0 bridgehead atoms. The Morgan fingerprint density at radius 1 is 1.38 bits per heavy atom. The van der Waals surface area contributed by atoms with Crippen LogP contribution in [0.15, 0.2) is 29.2 Å². The number of sulfonamides is 1. The first-order valence-corrected chi connectivity index (χ1v) is 10.0. The summed E-state index contributed by atoms with van der Waals surface area (Å²) in [5.74, 6) is 0.689. The lowest BCUT2D eigenvalue weighted by molar-refractivity contribution is 0.449. The Labute approximate surface area is 131 Å². The van der Waals surface area contributed by atoms with Gasteiger partial charge >= 0.3 is 0 Å². The van der Waals surface area contributed by atoms with Gasteiger partial charge in [0.25, 0.3) is 0 Å². The van der Waals surface area contributed by atoms with E-state index in [4.69, 9.17) is 5.73 Å². The molecule has 21 heavy (non-hydrogen) atoms. The molecule has 1 aliphatic carbocycles. The molecule has 0 aromatic heterocycles. The molecule has 1 saturated carbocycles. The second-order valence-corrected chi connectivity index (χ2v) is 8.91. The molecule has 4 nitrogen and oxygen atoms in total. The highest BCUT2D eigenvalue weighted by molar-refractivity contribution is 8.00. The highest BCUT2D eigenvalue weighted by Gasteiger charge is 2.41. The number of nitrogen functional groups attached to an aromatic ring is 1. The predicted molar refractivity (Wildman–Crippen MR) is 89.9 cm³/mol. The van der Waals surface area contributed by atoms with Gasteiger partial charge in [0.2, 0.25) is 10.0 Å². The first-order valence-electron chi connectivity index (χ1n) is 7.40. The number of nitrogens with one attached hydrogen (secondary N) is 1. The maximum Gasteiger partial charge on any atom is 0.212 e. The molecule has 1 aromatic carbocycles. The van der Waals surface area contributed by atoms with Crippen LogP contribution in [0.2, 0.25) is 0 Å². The number of nitrogens with two attached hydrogens (primary N) is 1. The van der Waals surface area contributed by atoms with Gasteiger partial charge in [0.15, 0.2) is 0 Å². The number of benzene rings is 1. The number of hydrogen-bond acceptors (Lipinski definition) is 4. The van der Waals surface area contributed by atoms with Crippen LogP contribution >= 0.6 is 11.8 Å². The minimum absolute atomic E-state index is 0.147. The number of thioether (sulfide) groups is 1. The third-order valence-corrected chi connectivity index (χ3v) is 6.46. The van der Waals surface area contributed by atoms with Crippen molar-refractivity contribution in [2.24, 2.45) is 5.41 Å². The molecule has 0 amide bonds. The lowest BCUT2D eigenvalue weighted by Gasteiger charge is -2.15. The molecule has 0 unspecified atom stereocenters. The highest BCUT2D eigenvalue weighted by Crippen LogP contribution is 2.49. The van der Waals surface area contributed by atoms with Gasteiger partial charge in [-0.1, -0.05) is 19.4 Å². The fraction of sp³-hybridized carbons (Fsp3) is 0.600. The summed E-state index contributed by atoms with van der Waals surface area (Å²) >= 11 is 1.52. The molecule has 2 rings (SSSR count). The van der Waals surface area contributed by atoms with Crippen molar-refractivity contribution < 1.29 is 8.42 Å². The zero-order valence-corrected chi connectivity index (χ0v) is 14.1. The van der Waals surface area contributed by atoms with E-state index in [2.05, 4.69) is 11.6 Å². The van der Waals surface area contributed by atoms with E-state index >= 15 is 0 Å². The van der Waals surface area contributed by atoms with Gasteiger partial charge in [0, 0.05) is 22.9 Å². The minimum atomic E-state index is -3.18. The quantitative estimate of drug-likeness (QED) is 0.540. The summed E-state index contributed by atoms with van der Waals surface area (Å²) in [6, 6.07) is 7.52. The molecule has 6 heteroatoms. The molecule has 0 aliphatic heterocycles. The van der Waals surface area contributed by atoms with Crippen molar-refractivity contribution in [2.75, 3.05) is 23.8 Å². The number of anilines is 1. The monoisotopic (exact) mass is 328 g/mol. The van der Waals surface area contributed by atoms with E-state index in [1.807, 2.05) is 24.3 Å². The van der Waals surface area contributed by atoms with Crippen molar-refractivity contribution in [3.05, 3.63) is 24.3 Å². The predicted octanol–water partition coefficient (Wildman–Crippen LogP) is 2.86. The van der Waals surface area contributed by atoms with Crippen molar-refractivity contribution in [1.82, 2.24) is 4.72 Å². The number of hydrogen-bond donors (Lipinski definition) is 2. The van der Waals surface area contributed by atoms with Crippen LogP contribution in [0.25, 0.3) is 0 Å². The largest absolute Gasteiger partial charge is 0.399 e. The van der Waals surface area contributed by atoms with Gasteiger partial charge in [-0.2, -0.15) is 0 Å². The maximum atomic E-state index is 12.0. The van der Waals surface area contributed by atoms with Crippen LogP contribution in [0.5, 0.6) is 0 Å². The van der Waals surface area contributed by atoms with Crippen molar-refractivity contribution in [3.8, 4) is 0 Å². The fourth-order valence-electron chi connectivity index (χ4n) is 2.43. The minimum Gasteiger partial charge on any atom is -0.399 e. The molecule has 0 atom stereocenters. The number of rotatable bonds is 9. The Kier molecular flexibility index (Phi) is 5.57. The summed E-state index contributed by atoms with van der Waals surface area (Å²) in [7, 11) is -3.18. The molecule has 118 valence electrons. The van der Waals surface area contributed by atoms with Gasteiger partial charge in [-0.3, -0.25) is 0 Å². The molecular weight excluding hydrogens is 304 g/mol. The Balaban J connectivity index is 1.74. The average molecular weight is 329 g/mol. The lowest BCUT2D eigenvalue weighted by Crippen LogP contribution is -2.32. The standard InChI is InChI=1S/C15H24N2O2S2/c1-2-6-15(7-8-15)12-17-21(18,19)10-9-20-14-5-3-4-13(16)11-14/h3-5,11,17H,2,6-10,12,16H2,1H3. The fourth-order valence-corrected chi connectivity index (χ4v) is 4.94. The Hall–Kier alpha value is -0.720. The van der Waals surface area contributed by atoms with Crippen LogP contribution < -0.4 is 10.5 Å². The van der Waals surface area contributed by atoms with E-state index in [0.717, 1.165) is 30.6 Å². The average Bonchev–Trinajstić information content (AvgIpc) is 3.18. The second kappa shape index (κ2) is 7.03. The highest BCUT2D eigenvalue weighted by atomic mass is 32.2.